The zero-order chi connectivity index (χ0) is 19.3. The lowest BCUT2D eigenvalue weighted by atomic mass is 10.1. The third-order valence-corrected chi connectivity index (χ3v) is 4.87. The molecule has 1 N–H and O–H groups in total. The summed E-state index contributed by atoms with van der Waals surface area (Å²) >= 11 is 1.34. The summed E-state index contributed by atoms with van der Waals surface area (Å²) in [4.78, 5) is 35.8. The fourth-order valence-corrected chi connectivity index (χ4v) is 3.75. The first-order chi connectivity index (χ1) is 12.4. The predicted octanol–water partition coefficient (Wildman–Crippen LogP) is 3.89. The van der Waals surface area contributed by atoms with Crippen molar-refractivity contribution >= 4 is 33.9 Å². The number of nitrogens with zero attached hydrogens (tertiary/aromatic N) is 1. The van der Waals surface area contributed by atoms with Crippen molar-refractivity contribution in [2.45, 2.75) is 33.6 Å². The van der Waals surface area contributed by atoms with E-state index in [2.05, 4.69) is 5.32 Å². The molecule has 0 aliphatic rings. The Hall–Kier alpha value is -2.74. The molecule has 8 heteroatoms. The van der Waals surface area contributed by atoms with Crippen LogP contribution < -0.4 is 5.32 Å². The van der Waals surface area contributed by atoms with Crippen LogP contribution in [-0.4, -0.2) is 23.4 Å². The van der Waals surface area contributed by atoms with Gasteiger partial charge in [-0.1, -0.05) is 19.1 Å². The van der Waals surface area contributed by atoms with Crippen molar-refractivity contribution in [1.82, 2.24) is 0 Å². The van der Waals surface area contributed by atoms with Gasteiger partial charge in [0.25, 0.3) is 5.69 Å². The lowest BCUT2D eigenvalue weighted by molar-refractivity contribution is -0.384. The Kier molecular flexibility index (Phi) is 6.46. The first-order valence-corrected chi connectivity index (χ1v) is 9.01. The summed E-state index contributed by atoms with van der Waals surface area (Å²) in [5, 5.41) is 13.9. The molecule has 7 nitrogen and oxygen atoms in total. The number of ether oxygens (including phenoxy) is 1. The van der Waals surface area contributed by atoms with Crippen LogP contribution in [0.4, 0.5) is 10.7 Å². The van der Waals surface area contributed by atoms with Gasteiger partial charge in [-0.3, -0.25) is 14.9 Å². The molecule has 2 aromatic rings. The lowest BCUT2D eigenvalue weighted by Crippen LogP contribution is -2.17. The number of amides is 1. The van der Waals surface area contributed by atoms with Crippen molar-refractivity contribution in [1.29, 1.82) is 0 Å². The number of aryl methyl sites for hydroxylation is 1. The molecule has 1 heterocycles. The molecule has 0 unspecified atom stereocenters. The molecule has 0 bridgehead atoms. The molecule has 1 aromatic carbocycles. The van der Waals surface area contributed by atoms with E-state index in [1.54, 1.807) is 19.1 Å². The van der Waals surface area contributed by atoms with E-state index in [-0.39, 0.29) is 24.6 Å². The number of esters is 1. The molecule has 0 spiro atoms. The summed E-state index contributed by atoms with van der Waals surface area (Å²) in [7, 11) is 0. The molecular formula is C18H20N2O5S. The van der Waals surface area contributed by atoms with Gasteiger partial charge in [-0.05, 0) is 31.4 Å². The normalized spacial score (nSPS) is 10.4. The fraction of sp³-hybridized carbons (Fsp3) is 0.333. The van der Waals surface area contributed by atoms with Crippen molar-refractivity contribution in [2.24, 2.45) is 0 Å². The first-order valence-electron chi connectivity index (χ1n) is 8.19. The topological polar surface area (TPSA) is 98.5 Å². The number of nitrogens with one attached hydrogen (secondary N) is 1. The fourth-order valence-electron chi connectivity index (χ4n) is 2.60. The second kappa shape index (κ2) is 8.57. The highest BCUT2D eigenvalue weighted by atomic mass is 32.1. The van der Waals surface area contributed by atoms with Crippen LogP contribution >= 0.6 is 11.3 Å². The average Bonchev–Trinajstić information content (AvgIpc) is 2.90. The monoisotopic (exact) mass is 376 g/mol. The van der Waals surface area contributed by atoms with Crippen molar-refractivity contribution in [3.05, 3.63) is 55.9 Å². The zero-order valence-electron chi connectivity index (χ0n) is 14.8. The van der Waals surface area contributed by atoms with Crippen molar-refractivity contribution < 1.29 is 19.2 Å². The molecule has 0 aliphatic heterocycles. The van der Waals surface area contributed by atoms with Crippen molar-refractivity contribution in [3.8, 4) is 0 Å². The smallest absolute Gasteiger partial charge is 0.341 e. The van der Waals surface area contributed by atoms with E-state index in [4.69, 9.17) is 4.74 Å². The Morgan fingerprint density at radius 3 is 2.42 bits per heavy atom. The van der Waals surface area contributed by atoms with Crippen molar-refractivity contribution in [3.63, 3.8) is 0 Å². The number of nitro groups is 1. The minimum Gasteiger partial charge on any atom is -0.462 e. The van der Waals surface area contributed by atoms with Crippen LogP contribution in [0, 0.1) is 17.0 Å². The number of benzene rings is 1. The summed E-state index contributed by atoms with van der Waals surface area (Å²) in [5.41, 5.74) is 1.91. The van der Waals surface area contributed by atoms with Gasteiger partial charge in [0.05, 0.1) is 23.5 Å². The summed E-state index contributed by atoms with van der Waals surface area (Å²) in [5.74, 6) is -0.743. The number of nitro benzene ring substituents is 1. The minimum absolute atomic E-state index is 0.0276. The predicted molar refractivity (Wildman–Crippen MR) is 99.8 cm³/mol. The zero-order valence-corrected chi connectivity index (χ0v) is 15.6. The number of non-ortho nitro benzene ring substituents is 1. The van der Waals surface area contributed by atoms with E-state index in [0.29, 0.717) is 22.5 Å². The van der Waals surface area contributed by atoms with E-state index in [1.807, 2.05) is 13.8 Å². The molecule has 138 valence electrons. The molecule has 0 fully saturated rings. The standard InChI is InChI=1S/C18H20N2O5S/c1-4-14-11(3)26-17(16(14)18(22)25-5-2)19-15(21)10-12-6-8-13(9-7-12)20(23)24/h6-9H,4-5,10H2,1-3H3,(H,19,21). The third-order valence-electron chi connectivity index (χ3n) is 3.81. The average molecular weight is 376 g/mol. The van der Waals surface area contributed by atoms with Crippen LogP contribution in [0.3, 0.4) is 0 Å². The molecule has 2 rings (SSSR count). The van der Waals surface area contributed by atoms with E-state index in [1.165, 1.54) is 23.5 Å². The molecule has 0 atom stereocenters. The second-order valence-corrected chi connectivity index (χ2v) is 6.79. The van der Waals surface area contributed by atoms with E-state index < -0.39 is 10.9 Å². The van der Waals surface area contributed by atoms with Crippen LogP contribution in [0.5, 0.6) is 0 Å². The SMILES string of the molecule is CCOC(=O)c1c(NC(=O)Cc2ccc([N+](=O)[O-])cc2)sc(C)c1CC. The molecule has 26 heavy (non-hydrogen) atoms. The van der Waals surface area contributed by atoms with Crippen LogP contribution in [0.15, 0.2) is 24.3 Å². The summed E-state index contributed by atoms with van der Waals surface area (Å²) in [6, 6.07) is 5.80. The summed E-state index contributed by atoms with van der Waals surface area (Å²) < 4.78 is 5.11. The first kappa shape index (κ1) is 19.6. The maximum atomic E-state index is 12.4. The van der Waals surface area contributed by atoms with Gasteiger partial charge >= 0.3 is 5.97 Å². The van der Waals surface area contributed by atoms with Crippen LogP contribution in [0.2, 0.25) is 0 Å². The molecule has 1 aromatic heterocycles. The van der Waals surface area contributed by atoms with Gasteiger partial charge in [-0.15, -0.1) is 11.3 Å². The Bertz CT molecular complexity index is 827. The Balaban J connectivity index is 2.18. The van der Waals surface area contributed by atoms with Gasteiger partial charge in [-0.2, -0.15) is 0 Å². The quantitative estimate of drug-likeness (QED) is 0.449. The Labute approximate surface area is 155 Å². The molecular weight excluding hydrogens is 356 g/mol. The third kappa shape index (κ3) is 4.45. The van der Waals surface area contributed by atoms with Crippen LogP contribution in [0.25, 0.3) is 0 Å². The van der Waals surface area contributed by atoms with Gasteiger partial charge in [0.1, 0.15) is 5.00 Å². The maximum absolute atomic E-state index is 12.4. The highest BCUT2D eigenvalue weighted by molar-refractivity contribution is 7.16. The number of hydrogen-bond acceptors (Lipinski definition) is 6. The molecule has 0 saturated carbocycles. The highest BCUT2D eigenvalue weighted by Gasteiger charge is 2.23. The number of thiophene rings is 1. The summed E-state index contributed by atoms with van der Waals surface area (Å²) in [6.45, 7) is 5.83. The largest absolute Gasteiger partial charge is 0.462 e. The van der Waals surface area contributed by atoms with Crippen LogP contribution in [-0.2, 0) is 22.4 Å². The van der Waals surface area contributed by atoms with Gasteiger partial charge in [0, 0.05) is 17.0 Å². The van der Waals surface area contributed by atoms with Crippen LogP contribution in [0.1, 0.15) is 40.2 Å². The number of anilines is 1. The van der Waals surface area contributed by atoms with Gasteiger partial charge in [0.2, 0.25) is 5.91 Å². The highest BCUT2D eigenvalue weighted by Crippen LogP contribution is 2.34. The van der Waals surface area contributed by atoms with E-state index in [0.717, 1.165) is 10.4 Å². The number of rotatable bonds is 7. The van der Waals surface area contributed by atoms with Gasteiger partial charge < -0.3 is 10.1 Å². The molecule has 0 saturated heterocycles. The molecule has 1 amide bonds. The number of carbonyl (C=O) groups is 2. The van der Waals surface area contributed by atoms with Crippen molar-refractivity contribution in [2.75, 3.05) is 11.9 Å². The van der Waals surface area contributed by atoms with Gasteiger partial charge in [0.15, 0.2) is 0 Å². The van der Waals surface area contributed by atoms with E-state index >= 15 is 0 Å². The molecule has 0 radical (unpaired) electrons. The van der Waals surface area contributed by atoms with E-state index in [9.17, 15) is 19.7 Å². The second-order valence-electron chi connectivity index (χ2n) is 5.56. The van der Waals surface area contributed by atoms with Gasteiger partial charge in [-0.25, -0.2) is 4.79 Å². The Morgan fingerprint density at radius 1 is 1.23 bits per heavy atom. The lowest BCUT2D eigenvalue weighted by Gasteiger charge is -2.08. The molecule has 0 aliphatic carbocycles. The Morgan fingerprint density at radius 2 is 1.88 bits per heavy atom. The number of hydrogen-bond donors (Lipinski definition) is 1. The minimum atomic E-state index is -0.490. The summed E-state index contributed by atoms with van der Waals surface area (Å²) in [6.07, 6.45) is 0.716. The number of carbonyl (C=O) groups excluding carboxylic acids is 2. The maximum Gasteiger partial charge on any atom is 0.341 e.